The second kappa shape index (κ2) is 5.46. The lowest BCUT2D eigenvalue weighted by molar-refractivity contribution is 0.179. The summed E-state index contributed by atoms with van der Waals surface area (Å²) in [6.45, 7) is 0. The van der Waals surface area contributed by atoms with Gasteiger partial charge in [-0.2, -0.15) is 5.26 Å². The summed E-state index contributed by atoms with van der Waals surface area (Å²) in [7, 11) is 0. The smallest absolute Gasteiger partial charge is 0.0991 e. The van der Waals surface area contributed by atoms with Crippen molar-refractivity contribution < 1.29 is 5.11 Å². The topological polar surface area (TPSA) is 44.0 Å². The van der Waals surface area contributed by atoms with Crippen molar-refractivity contribution >= 4 is 27.3 Å². The van der Waals surface area contributed by atoms with Crippen LogP contribution in [-0.2, 0) is 6.42 Å². The summed E-state index contributed by atoms with van der Waals surface area (Å²) in [5, 5.41) is 18.9. The summed E-state index contributed by atoms with van der Waals surface area (Å²) in [5.74, 6) is 0. The molecule has 0 amide bonds. The van der Waals surface area contributed by atoms with Crippen molar-refractivity contribution in [2.45, 2.75) is 12.5 Å². The summed E-state index contributed by atoms with van der Waals surface area (Å²) in [4.78, 5) is 1.12. The number of rotatable bonds is 3. The van der Waals surface area contributed by atoms with Crippen molar-refractivity contribution in [2.24, 2.45) is 0 Å². The van der Waals surface area contributed by atoms with Crippen molar-refractivity contribution in [3.63, 3.8) is 0 Å². The van der Waals surface area contributed by atoms with Crippen LogP contribution in [0.15, 0.2) is 40.2 Å². The Hall–Kier alpha value is -1.15. The maximum atomic E-state index is 10.1. The van der Waals surface area contributed by atoms with Crippen LogP contribution in [0.25, 0.3) is 0 Å². The van der Waals surface area contributed by atoms with E-state index in [4.69, 9.17) is 5.26 Å². The number of nitrogens with zero attached hydrogens (tertiary/aromatic N) is 1. The highest BCUT2D eigenvalue weighted by Crippen LogP contribution is 2.27. The largest absolute Gasteiger partial charge is 0.388 e. The normalized spacial score (nSPS) is 12.1. The highest BCUT2D eigenvalue weighted by Gasteiger charge is 2.10. The molecule has 0 aliphatic rings. The number of hydrogen-bond acceptors (Lipinski definition) is 3. The third kappa shape index (κ3) is 3.16. The molecule has 1 aromatic carbocycles. The molecule has 1 N–H and O–H groups in total. The standard InChI is InChI=1S/C13H10BrNOS/c14-13-5-4-11(17-13)7-12(16)10-3-1-2-9(6-10)8-15/h1-6,12,16H,7H2. The molecule has 1 unspecified atom stereocenters. The van der Waals surface area contributed by atoms with Gasteiger partial charge in [0.2, 0.25) is 0 Å². The van der Waals surface area contributed by atoms with Gasteiger partial charge in [0.15, 0.2) is 0 Å². The monoisotopic (exact) mass is 307 g/mol. The van der Waals surface area contributed by atoms with Gasteiger partial charge >= 0.3 is 0 Å². The summed E-state index contributed by atoms with van der Waals surface area (Å²) >= 11 is 5.01. The molecule has 4 heteroatoms. The number of nitriles is 1. The second-order valence-corrected chi connectivity index (χ2v) is 6.21. The molecule has 1 atom stereocenters. The van der Waals surface area contributed by atoms with E-state index in [1.165, 1.54) is 0 Å². The molecule has 1 heterocycles. The van der Waals surface area contributed by atoms with Crippen LogP contribution < -0.4 is 0 Å². The van der Waals surface area contributed by atoms with E-state index in [9.17, 15) is 5.11 Å². The van der Waals surface area contributed by atoms with Gasteiger partial charge in [0.1, 0.15) is 0 Å². The summed E-state index contributed by atoms with van der Waals surface area (Å²) in [6, 6.07) is 13.1. The molecule has 0 radical (unpaired) electrons. The number of halogens is 1. The Bertz CT molecular complexity index is 559. The predicted octanol–water partition coefficient (Wildman–Crippen LogP) is 3.66. The average molecular weight is 308 g/mol. The molecule has 86 valence electrons. The van der Waals surface area contributed by atoms with Gasteiger partial charge in [-0.3, -0.25) is 0 Å². The Balaban J connectivity index is 2.14. The molecule has 2 aromatic rings. The Morgan fingerprint density at radius 1 is 1.35 bits per heavy atom. The maximum Gasteiger partial charge on any atom is 0.0991 e. The van der Waals surface area contributed by atoms with Gasteiger partial charge in [0, 0.05) is 11.3 Å². The molecule has 0 aliphatic heterocycles. The molecule has 0 aliphatic carbocycles. The zero-order chi connectivity index (χ0) is 12.3. The van der Waals surface area contributed by atoms with Crippen LogP contribution in [0.5, 0.6) is 0 Å². The van der Waals surface area contributed by atoms with Crippen LogP contribution in [0.1, 0.15) is 22.1 Å². The van der Waals surface area contributed by atoms with E-state index in [1.54, 1.807) is 29.5 Å². The quantitative estimate of drug-likeness (QED) is 0.940. The molecule has 17 heavy (non-hydrogen) atoms. The van der Waals surface area contributed by atoms with Crippen LogP contribution in [0.3, 0.4) is 0 Å². The van der Waals surface area contributed by atoms with E-state index in [-0.39, 0.29) is 0 Å². The van der Waals surface area contributed by atoms with E-state index in [2.05, 4.69) is 22.0 Å². The van der Waals surface area contributed by atoms with Crippen molar-refractivity contribution in [1.29, 1.82) is 5.26 Å². The number of aliphatic hydroxyl groups is 1. The van der Waals surface area contributed by atoms with Gasteiger partial charge in [-0.05, 0) is 45.8 Å². The molecule has 0 fully saturated rings. The number of thiophene rings is 1. The van der Waals surface area contributed by atoms with Crippen LogP contribution >= 0.6 is 27.3 Å². The minimum Gasteiger partial charge on any atom is -0.388 e. The van der Waals surface area contributed by atoms with E-state index in [0.717, 1.165) is 14.2 Å². The number of hydrogen-bond donors (Lipinski definition) is 1. The number of benzene rings is 1. The Kier molecular flexibility index (Phi) is 3.95. The predicted molar refractivity (Wildman–Crippen MR) is 71.8 cm³/mol. The number of aliphatic hydroxyl groups excluding tert-OH is 1. The highest BCUT2D eigenvalue weighted by molar-refractivity contribution is 9.11. The third-order valence-corrected chi connectivity index (χ3v) is 4.07. The molecule has 1 aromatic heterocycles. The zero-order valence-electron chi connectivity index (χ0n) is 8.93. The molecule has 0 saturated heterocycles. The van der Waals surface area contributed by atoms with Crippen LogP contribution in [0.4, 0.5) is 0 Å². The third-order valence-electron chi connectivity index (χ3n) is 2.42. The maximum absolute atomic E-state index is 10.1. The summed E-state index contributed by atoms with van der Waals surface area (Å²) in [5.41, 5.74) is 1.36. The van der Waals surface area contributed by atoms with E-state index >= 15 is 0 Å². The average Bonchev–Trinajstić information content (AvgIpc) is 2.75. The highest BCUT2D eigenvalue weighted by atomic mass is 79.9. The molecular formula is C13H10BrNOS. The Labute approximate surface area is 112 Å². The lowest BCUT2D eigenvalue weighted by Crippen LogP contribution is -2.00. The fraction of sp³-hybridized carbons (Fsp3) is 0.154. The van der Waals surface area contributed by atoms with Gasteiger partial charge in [-0.15, -0.1) is 11.3 Å². The first-order chi connectivity index (χ1) is 8.19. The van der Waals surface area contributed by atoms with Crippen LogP contribution in [0, 0.1) is 11.3 Å². The molecular weight excluding hydrogens is 298 g/mol. The van der Waals surface area contributed by atoms with Gasteiger partial charge in [0.25, 0.3) is 0 Å². The lowest BCUT2D eigenvalue weighted by atomic mass is 10.0. The fourth-order valence-corrected chi connectivity index (χ4v) is 3.11. The van der Waals surface area contributed by atoms with Crippen LogP contribution in [0.2, 0.25) is 0 Å². The Morgan fingerprint density at radius 3 is 2.82 bits per heavy atom. The van der Waals surface area contributed by atoms with Crippen molar-refractivity contribution in [1.82, 2.24) is 0 Å². The van der Waals surface area contributed by atoms with Crippen molar-refractivity contribution in [2.75, 3.05) is 0 Å². The summed E-state index contributed by atoms with van der Waals surface area (Å²) < 4.78 is 1.06. The minimum absolute atomic E-state index is 0.561. The lowest BCUT2D eigenvalue weighted by Gasteiger charge is -2.09. The van der Waals surface area contributed by atoms with E-state index in [1.807, 2.05) is 18.2 Å². The Morgan fingerprint density at radius 2 is 2.18 bits per heavy atom. The first kappa shape index (κ1) is 12.3. The van der Waals surface area contributed by atoms with Gasteiger partial charge in [-0.1, -0.05) is 12.1 Å². The van der Waals surface area contributed by atoms with Gasteiger partial charge in [0.05, 0.1) is 21.5 Å². The van der Waals surface area contributed by atoms with Crippen LogP contribution in [-0.4, -0.2) is 5.11 Å². The van der Waals surface area contributed by atoms with Crippen molar-refractivity contribution in [3.05, 3.63) is 56.2 Å². The SMILES string of the molecule is N#Cc1cccc(C(O)Cc2ccc(Br)s2)c1. The molecule has 0 saturated carbocycles. The molecule has 2 nitrogen and oxygen atoms in total. The minimum atomic E-state index is -0.561. The van der Waals surface area contributed by atoms with E-state index in [0.29, 0.717) is 12.0 Å². The first-order valence-corrected chi connectivity index (χ1v) is 6.72. The molecule has 0 bridgehead atoms. The molecule has 2 rings (SSSR count). The van der Waals surface area contributed by atoms with Crippen molar-refractivity contribution in [3.8, 4) is 6.07 Å². The van der Waals surface area contributed by atoms with Gasteiger partial charge in [-0.25, -0.2) is 0 Å². The van der Waals surface area contributed by atoms with E-state index < -0.39 is 6.10 Å². The summed E-state index contributed by atoms with van der Waals surface area (Å²) in [6.07, 6.45) is 0.0133. The zero-order valence-corrected chi connectivity index (χ0v) is 11.3. The first-order valence-electron chi connectivity index (χ1n) is 5.11. The molecule has 0 spiro atoms. The van der Waals surface area contributed by atoms with Gasteiger partial charge < -0.3 is 5.11 Å². The fourth-order valence-electron chi connectivity index (χ4n) is 1.59. The second-order valence-electron chi connectivity index (χ2n) is 3.66.